The van der Waals surface area contributed by atoms with Crippen LogP contribution in [0.2, 0.25) is 0 Å². The summed E-state index contributed by atoms with van der Waals surface area (Å²) in [6.07, 6.45) is 0. The normalized spacial score (nSPS) is 15.7. The number of nitrogens with two attached hydrogens (primary N) is 2. The van der Waals surface area contributed by atoms with E-state index < -0.39 is 32.7 Å². The summed E-state index contributed by atoms with van der Waals surface area (Å²) >= 11 is 0. The first kappa shape index (κ1) is 15.6. The number of rotatable bonds is 8. The van der Waals surface area contributed by atoms with E-state index in [1.165, 1.54) is 0 Å². The Morgan fingerprint density at radius 2 is 2.00 bits per heavy atom. The standard InChI is InChI=1S/C6H14N2O6S2/c7-4(1-14-11)2-15-16(12,13)3-5(8)6(9)10/h4-5,11H,1-3,7-8H2,(H,9,10). The molecule has 16 heavy (non-hydrogen) atoms. The van der Waals surface area contributed by atoms with Gasteiger partial charge in [0.25, 0.3) is 0 Å². The molecule has 0 saturated carbocycles. The van der Waals surface area contributed by atoms with Gasteiger partial charge in [-0.15, -0.1) is 0 Å². The van der Waals surface area contributed by atoms with Crippen LogP contribution in [-0.2, 0) is 18.6 Å². The smallest absolute Gasteiger partial charge is 0.321 e. The minimum atomic E-state index is -3.65. The number of carbonyl (C=O) groups is 1. The Hall–Kier alpha value is -0.390. The lowest BCUT2D eigenvalue weighted by atomic mass is 10.4. The van der Waals surface area contributed by atoms with Crippen molar-refractivity contribution in [2.75, 3.05) is 18.1 Å². The van der Waals surface area contributed by atoms with Crippen LogP contribution in [0.5, 0.6) is 0 Å². The average Bonchev–Trinajstić information content (AvgIpc) is 2.14. The van der Waals surface area contributed by atoms with E-state index in [9.17, 15) is 13.2 Å². The van der Waals surface area contributed by atoms with Crippen molar-refractivity contribution in [1.82, 2.24) is 0 Å². The lowest BCUT2D eigenvalue weighted by Gasteiger charge is -2.10. The molecule has 0 rings (SSSR count). The first-order chi connectivity index (χ1) is 7.28. The molecule has 6 N–H and O–H groups in total. The van der Waals surface area contributed by atoms with E-state index >= 15 is 0 Å². The molecule has 0 aliphatic carbocycles. The Bertz CT molecular complexity index is 319. The fraction of sp³-hybridized carbons (Fsp3) is 0.833. The molecule has 0 amide bonds. The van der Waals surface area contributed by atoms with Gasteiger partial charge in [-0.2, -0.15) is 0 Å². The highest BCUT2D eigenvalue weighted by atomic mass is 33.1. The Labute approximate surface area is 96.2 Å². The molecule has 96 valence electrons. The third kappa shape index (κ3) is 6.98. The maximum atomic E-state index is 11.3. The van der Waals surface area contributed by atoms with Crippen LogP contribution in [-0.4, -0.2) is 54.9 Å². The minimum absolute atomic E-state index is 0.0186. The van der Waals surface area contributed by atoms with Crippen molar-refractivity contribution >= 4 is 25.6 Å². The molecule has 0 heterocycles. The third-order valence-electron chi connectivity index (χ3n) is 1.45. The summed E-state index contributed by atoms with van der Waals surface area (Å²) in [7, 11) is -3.16. The largest absolute Gasteiger partial charge is 0.480 e. The van der Waals surface area contributed by atoms with Crippen LogP contribution in [0.3, 0.4) is 0 Å². The zero-order valence-corrected chi connectivity index (χ0v) is 9.91. The minimum Gasteiger partial charge on any atom is -0.480 e. The van der Waals surface area contributed by atoms with Gasteiger partial charge in [-0.25, -0.2) is 13.3 Å². The summed E-state index contributed by atoms with van der Waals surface area (Å²) in [5.74, 6) is -2.07. The molecular formula is C6H14N2O6S2. The van der Waals surface area contributed by atoms with E-state index in [0.29, 0.717) is 10.8 Å². The Morgan fingerprint density at radius 1 is 1.44 bits per heavy atom. The van der Waals surface area contributed by atoms with Crippen molar-refractivity contribution in [2.45, 2.75) is 12.1 Å². The van der Waals surface area contributed by atoms with Gasteiger partial charge in [0.05, 0.1) is 12.4 Å². The molecule has 0 fully saturated rings. The van der Waals surface area contributed by atoms with Gasteiger partial charge in [0, 0.05) is 11.8 Å². The van der Waals surface area contributed by atoms with E-state index in [-0.39, 0.29) is 12.4 Å². The molecule has 2 atom stereocenters. The molecule has 0 aliphatic rings. The quantitative estimate of drug-likeness (QED) is 0.230. The molecule has 0 saturated heterocycles. The van der Waals surface area contributed by atoms with Crippen molar-refractivity contribution in [2.24, 2.45) is 11.5 Å². The summed E-state index contributed by atoms with van der Waals surface area (Å²) in [6, 6.07) is -2.12. The predicted molar refractivity (Wildman–Crippen MR) is 58.4 cm³/mol. The second-order valence-corrected chi connectivity index (χ2v) is 7.26. The SMILES string of the molecule is NC(COO)CSS(=O)(=O)CC(N)C(=O)O. The van der Waals surface area contributed by atoms with Crippen molar-refractivity contribution in [3.05, 3.63) is 0 Å². The lowest BCUT2D eigenvalue weighted by molar-refractivity contribution is -0.244. The fourth-order valence-electron chi connectivity index (χ4n) is 0.674. The highest BCUT2D eigenvalue weighted by Crippen LogP contribution is 2.14. The summed E-state index contributed by atoms with van der Waals surface area (Å²) < 4.78 is 22.6. The summed E-state index contributed by atoms with van der Waals surface area (Å²) in [5.41, 5.74) is 10.4. The van der Waals surface area contributed by atoms with E-state index in [1.54, 1.807) is 0 Å². The van der Waals surface area contributed by atoms with Crippen LogP contribution in [0, 0.1) is 0 Å². The lowest BCUT2D eigenvalue weighted by Crippen LogP contribution is -2.37. The monoisotopic (exact) mass is 274 g/mol. The van der Waals surface area contributed by atoms with Crippen LogP contribution in [0.15, 0.2) is 0 Å². The predicted octanol–water partition coefficient (Wildman–Crippen LogP) is -1.72. The number of aliphatic carboxylic acids is 1. The number of carboxylic acid groups (broad SMARTS) is 1. The van der Waals surface area contributed by atoms with E-state index in [2.05, 4.69) is 4.89 Å². The van der Waals surface area contributed by atoms with Crippen LogP contribution >= 0.6 is 10.8 Å². The highest BCUT2D eigenvalue weighted by Gasteiger charge is 2.22. The molecule has 0 bridgehead atoms. The van der Waals surface area contributed by atoms with E-state index in [1.807, 2.05) is 0 Å². The Balaban J connectivity index is 4.11. The topological polar surface area (TPSA) is 153 Å². The van der Waals surface area contributed by atoms with E-state index in [4.69, 9.17) is 21.8 Å². The molecule has 10 heteroatoms. The third-order valence-corrected chi connectivity index (χ3v) is 5.04. The average molecular weight is 274 g/mol. The van der Waals surface area contributed by atoms with Gasteiger partial charge in [-0.05, 0) is 10.8 Å². The van der Waals surface area contributed by atoms with Crippen molar-refractivity contribution in [1.29, 1.82) is 0 Å². The van der Waals surface area contributed by atoms with Gasteiger partial charge in [0.15, 0.2) is 0 Å². The maximum absolute atomic E-state index is 11.3. The molecule has 0 radical (unpaired) electrons. The Morgan fingerprint density at radius 3 is 2.44 bits per heavy atom. The molecule has 0 spiro atoms. The summed E-state index contributed by atoms with van der Waals surface area (Å²) in [5, 5.41) is 16.5. The van der Waals surface area contributed by atoms with Gasteiger partial charge < -0.3 is 16.6 Å². The summed E-state index contributed by atoms with van der Waals surface area (Å²) in [4.78, 5) is 14.1. The fourth-order valence-corrected chi connectivity index (χ4v) is 3.71. The van der Waals surface area contributed by atoms with Gasteiger partial charge in [0.1, 0.15) is 6.04 Å². The van der Waals surface area contributed by atoms with Gasteiger partial charge in [0.2, 0.25) is 8.87 Å². The zero-order valence-electron chi connectivity index (χ0n) is 8.27. The van der Waals surface area contributed by atoms with Crippen molar-refractivity contribution in [3.8, 4) is 0 Å². The highest BCUT2D eigenvalue weighted by molar-refractivity contribution is 8.72. The van der Waals surface area contributed by atoms with E-state index in [0.717, 1.165) is 0 Å². The Kier molecular flexibility index (Phi) is 6.87. The number of carboxylic acids is 1. The van der Waals surface area contributed by atoms with Crippen molar-refractivity contribution < 1.29 is 28.5 Å². The number of hydrogen-bond donors (Lipinski definition) is 4. The zero-order chi connectivity index (χ0) is 12.8. The second kappa shape index (κ2) is 7.04. The van der Waals surface area contributed by atoms with Crippen molar-refractivity contribution in [3.63, 3.8) is 0 Å². The first-order valence-corrected chi connectivity index (χ1v) is 7.31. The van der Waals surface area contributed by atoms with Crippen LogP contribution in [0.1, 0.15) is 0 Å². The molecule has 0 aromatic heterocycles. The molecule has 0 aliphatic heterocycles. The molecule has 2 unspecified atom stereocenters. The molecule has 0 aromatic carbocycles. The summed E-state index contributed by atoms with van der Waals surface area (Å²) in [6.45, 7) is -0.201. The van der Waals surface area contributed by atoms with Crippen LogP contribution < -0.4 is 11.5 Å². The van der Waals surface area contributed by atoms with Gasteiger partial charge >= 0.3 is 5.97 Å². The van der Waals surface area contributed by atoms with Gasteiger partial charge in [-0.1, -0.05) is 0 Å². The second-order valence-electron chi connectivity index (χ2n) is 3.01. The number of hydrogen-bond acceptors (Lipinski definition) is 8. The molecule has 0 aromatic rings. The molecular weight excluding hydrogens is 260 g/mol. The maximum Gasteiger partial charge on any atom is 0.321 e. The first-order valence-electron chi connectivity index (χ1n) is 4.16. The van der Waals surface area contributed by atoms with Gasteiger partial charge in [-0.3, -0.25) is 10.1 Å². The van der Waals surface area contributed by atoms with Crippen LogP contribution in [0.4, 0.5) is 0 Å². The molecule has 8 nitrogen and oxygen atoms in total. The van der Waals surface area contributed by atoms with Crippen LogP contribution in [0.25, 0.3) is 0 Å².